The van der Waals surface area contributed by atoms with Gasteiger partial charge in [0.25, 0.3) is 0 Å². The van der Waals surface area contributed by atoms with Gasteiger partial charge in [0.05, 0.1) is 5.92 Å². The van der Waals surface area contributed by atoms with Crippen LogP contribution in [-0.2, 0) is 11.3 Å². The predicted molar refractivity (Wildman–Crippen MR) is 81.1 cm³/mol. The molecule has 0 bridgehead atoms. The molecule has 1 atom stereocenters. The number of Topliss-reactive ketones (excluding diaryl/α,β-unsaturated/α-hetero) is 1. The van der Waals surface area contributed by atoms with Gasteiger partial charge in [0.1, 0.15) is 5.82 Å². The molecule has 1 N–H and O–H groups in total. The summed E-state index contributed by atoms with van der Waals surface area (Å²) >= 11 is 0. The summed E-state index contributed by atoms with van der Waals surface area (Å²) in [5, 5.41) is 2.84. The Balaban J connectivity index is 1.74. The summed E-state index contributed by atoms with van der Waals surface area (Å²) < 4.78 is 12.9. The lowest BCUT2D eigenvalue weighted by atomic mass is 9.96. The molecular formula is C18H16FNO2. The first-order valence-corrected chi connectivity index (χ1v) is 7.21. The average molecular weight is 297 g/mol. The van der Waals surface area contributed by atoms with E-state index in [9.17, 15) is 14.0 Å². The number of fused-ring (bicyclic) bond motifs is 1. The third kappa shape index (κ3) is 2.64. The molecule has 112 valence electrons. The van der Waals surface area contributed by atoms with Gasteiger partial charge in [-0.3, -0.25) is 9.59 Å². The second-order valence-corrected chi connectivity index (χ2v) is 5.56. The number of hydrogen-bond acceptors (Lipinski definition) is 2. The third-order valence-corrected chi connectivity index (χ3v) is 4.06. The maximum Gasteiger partial charge on any atom is 0.228 e. The van der Waals surface area contributed by atoms with Crippen LogP contribution in [0.3, 0.4) is 0 Å². The molecule has 0 radical (unpaired) electrons. The first kappa shape index (κ1) is 14.4. The fourth-order valence-corrected chi connectivity index (χ4v) is 2.92. The normalized spacial score (nSPS) is 16.5. The molecule has 22 heavy (non-hydrogen) atoms. The number of nitrogens with one attached hydrogen (secondary N) is 1. The Morgan fingerprint density at radius 1 is 1.23 bits per heavy atom. The molecule has 1 amide bonds. The number of aryl methyl sites for hydroxylation is 1. The monoisotopic (exact) mass is 297 g/mol. The van der Waals surface area contributed by atoms with E-state index in [0.29, 0.717) is 12.1 Å². The Morgan fingerprint density at radius 2 is 1.95 bits per heavy atom. The van der Waals surface area contributed by atoms with Crippen LogP contribution in [-0.4, -0.2) is 11.7 Å². The molecule has 1 unspecified atom stereocenters. The van der Waals surface area contributed by atoms with Crippen molar-refractivity contribution in [2.45, 2.75) is 25.8 Å². The molecule has 0 aromatic heterocycles. The number of benzene rings is 2. The molecule has 2 aromatic carbocycles. The van der Waals surface area contributed by atoms with Gasteiger partial charge >= 0.3 is 0 Å². The van der Waals surface area contributed by atoms with E-state index in [-0.39, 0.29) is 23.9 Å². The Labute approximate surface area is 128 Å². The molecule has 0 saturated carbocycles. The molecule has 2 aromatic rings. The van der Waals surface area contributed by atoms with Crippen LogP contribution in [0.4, 0.5) is 4.39 Å². The minimum absolute atomic E-state index is 0.0145. The van der Waals surface area contributed by atoms with E-state index in [2.05, 4.69) is 5.32 Å². The molecular weight excluding hydrogens is 281 g/mol. The quantitative estimate of drug-likeness (QED) is 0.946. The Morgan fingerprint density at radius 3 is 2.68 bits per heavy atom. The van der Waals surface area contributed by atoms with Crippen LogP contribution >= 0.6 is 0 Å². The first-order chi connectivity index (χ1) is 10.6. The van der Waals surface area contributed by atoms with Crippen molar-refractivity contribution in [3.05, 3.63) is 70.5 Å². The van der Waals surface area contributed by atoms with Crippen LogP contribution in [0.1, 0.15) is 39.4 Å². The van der Waals surface area contributed by atoms with Crippen molar-refractivity contribution < 1.29 is 14.0 Å². The summed E-state index contributed by atoms with van der Waals surface area (Å²) in [5.74, 6) is -0.878. The lowest BCUT2D eigenvalue weighted by Crippen LogP contribution is -2.28. The van der Waals surface area contributed by atoms with Gasteiger partial charge in [0.2, 0.25) is 5.91 Å². The van der Waals surface area contributed by atoms with Crippen molar-refractivity contribution in [3.63, 3.8) is 0 Å². The van der Waals surface area contributed by atoms with Crippen LogP contribution in [0.25, 0.3) is 0 Å². The molecule has 0 aliphatic heterocycles. The van der Waals surface area contributed by atoms with Gasteiger partial charge in [-0.2, -0.15) is 0 Å². The molecule has 0 spiro atoms. The molecule has 3 rings (SSSR count). The molecule has 0 saturated heterocycles. The van der Waals surface area contributed by atoms with Gasteiger partial charge in [0.15, 0.2) is 5.78 Å². The smallest absolute Gasteiger partial charge is 0.228 e. The maximum atomic E-state index is 12.9. The minimum Gasteiger partial charge on any atom is -0.351 e. The average Bonchev–Trinajstić information content (AvgIpc) is 2.85. The van der Waals surface area contributed by atoms with Crippen molar-refractivity contribution in [3.8, 4) is 0 Å². The summed E-state index contributed by atoms with van der Waals surface area (Å²) in [5.41, 5.74) is 3.28. The molecule has 3 nitrogen and oxygen atoms in total. The second kappa shape index (κ2) is 5.72. The molecule has 0 heterocycles. The number of carbonyl (C=O) groups is 2. The van der Waals surface area contributed by atoms with Gasteiger partial charge in [-0.1, -0.05) is 30.3 Å². The summed E-state index contributed by atoms with van der Waals surface area (Å²) in [6.07, 6.45) is 0.218. The van der Waals surface area contributed by atoms with Crippen molar-refractivity contribution >= 4 is 11.7 Å². The minimum atomic E-state index is -0.427. The number of carbonyl (C=O) groups excluding carboxylic acids is 2. The Kier molecular flexibility index (Phi) is 3.75. The van der Waals surface area contributed by atoms with Crippen LogP contribution in [0.15, 0.2) is 42.5 Å². The zero-order chi connectivity index (χ0) is 15.7. The topological polar surface area (TPSA) is 46.2 Å². The molecule has 1 aliphatic carbocycles. The lowest BCUT2D eigenvalue weighted by Gasteiger charge is -2.13. The largest absolute Gasteiger partial charge is 0.351 e. The van der Waals surface area contributed by atoms with Crippen LogP contribution in [0.2, 0.25) is 0 Å². The van der Waals surface area contributed by atoms with E-state index in [1.165, 1.54) is 12.1 Å². The lowest BCUT2D eigenvalue weighted by molar-refractivity contribution is -0.122. The fraction of sp³-hybridized carbons (Fsp3) is 0.222. The summed E-state index contributed by atoms with van der Waals surface area (Å²) in [6.45, 7) is 2.24. The summed E-state index contributed by atoms with van der Waals surface area (Å²) in [7, 11) is 0. The number of hydrogen-bond donors (Lipinski definition) is 1. The highest BCUT2D eigenvalue weighted by Gasteiger charge is 2.35. The fourth-order valence-electron chi connectivity index (χ4n) is 2.92. The van der Waals surface area contributed by atoms with Crippen molar-refractivity contribution in [1.82, 2.24) is 5.32 Å². The highest BCUT2D eigenvalue weighted by molar-refractivity contribution is 6.07. The Hall–Kier alpha value is -2.49. The standard InChI is InChI=1S/C18H16FNO2/c1-11-3-2-4-14-16(21)9-15(17(11)14)18(22)20-10-12-5-7-13(19)8-6-12/h2-8,15H,9-10H2,1H3,(H,20,22). The SMILES string of the molecule is Cc1cccc2c1C(C(=O)NCc1ccc(F)cc1)CC2=O. The predicted octanol–water partition coefficient (Wildman–Crippen LogP) is 3.12. The molecule has 0 fully saturated rings. The maximum absolute atomic E-state index is 12.9. The van der Waals surface area contributed by atoms with Gasteiger partial charge in [-0.05, 0) is 35.7 Å². The molecule has 4 heteroatoms. The highest BCUT2D eigenvalue weighted by Crippen LogP contribution is 2.35. The van der Waals surface area contributed by atoms with Crippen LogP contribution in [0, 0.1) is 12.7 Å². The van der Waals surface area contributed by atoms with Gasteiger partial charge in [-0.25, -0.2) is 4.39 Å². The van der Waals surface area contributed by atoms with E-state index >= 15 is 0 Å². The highest BCUT2D eigenvalue weighted by atomic mass is 19.1. The number of amides is 1. The molecule has 1 aliphatic rings. The van der Waals surface area contributed by atoms with E-state index < -0.39 is 5.92 Å². The van der Waals surface area contributed by atoms with E-state index in [4.69, 9.17) is 0 Å². The second-order valence-electron chi connectivity index (χ2n) is 5.56. The van der Waals surface area contributed by atoms with Crippen LogP contribution < -0.4 is 5.32 Å². The third-order valence-electron chi connectivity index (χ3n) is 4.06. The van der Waals surface area contributed by atoms with E-state index in [0.717, 1.165) is 16.7 Å². The van der Waals surface area contributed by atoms with Gasteiger partial charge < -0.3 is 5.32 Å². The van der Waals surface area contributed by atoms with Crippen molar-refractivity contribution in [1.29, 1.82) is 0 Å². The van der Waals surface area contributed by atoms with Crippen LogP contribution in [0.5, 0.6) is 0 Å². The van der Waals surface area contributed by atoms with E-state index in [1.807, 2.05) is 19.1 Å². The summed E-state index contributed by atoms with van der Waals surface area (Å²) in [6, 6.07) is 11.5. The number of halogens is 1. The number of ketones is 1. The summed E-state index contributed by atoms with van der Waals surface area (Å²) in [4.78, 5) is 24.4. The zero-order valence-electron chi connectivity index (χ0n) is 12.2. The first-order valence-electron chi connectivity index (χ1n) is 7.21. The van der Waals surface area contributed by atoms with Crippen molar-refractivity contribution in [2.75, 3.05) is 0 Å². The number of rotatable bonds is 3. The van der Waals surface area contributed by atoms with Crippen molar-refractivity contribution in [2.24, 2.45) is 0 Å². The zero-order valence-corrected chi connectivity index (χ0v) is 12.2. The van der Waals surface area contributed by atoms with Gasteiger partial charge in [0, 0.05) is 18.5 Å². The van der Waals surface area contributed by atoms with Gasteiger partial charge in [-0.15, -0.1) is 0 Å². The van der Waals surface area contributed by atoms with E-state index in [1.54, 1.807) is 18.2 Å². The Bertz CT molecular complexity index is 737.